The van der Waals surface area contributed by atoms with Crippen LogP contribution in [0.25, 0.3) is 0 Å². The molecule has 0 heterocycles. The number of anilines is 1. The molecule has 2 N–H and O–H groups in total. The Balaban J connectivity index is 2.64. The van der Waals surface area contributed by atoms with Gasteiger partial charge in [0.15, 0.2) is 5.11 Å². The molecule has 0 bridgehead atoms. The van der Waals surface area contributed by atoms with Gasteiger partial charge in [-0.3, -0.25) is 5.43 Å². The van der Waals surface area contributed by atoms with E-state index in [0.717, 1.165) is 11.3 Å². The van der Waals surface area contributed by atoms with Crippen LogP contribution >= 0.6 is 23.8 Å². The van der Waals surface area contributed by atoms with E-state index in [0.29, 0.717) is 24.1 Å². The predicted molar refractivity (Wildman–Crippen MR) is 87.7 cm³/mol. The molecule has 4 nitrogen and oxygen atoms in total. The molecule has 20 heavy (non-hydrogen) atoms. The summed E-state index contributed by atoms with van der Waals surface area (Å²) in [5, 5.41) is 7.19. The minimum atomic E-state index is -0.397. The summed E-state index contributed by atoms with van der Waals surface area (Å²) in [5.41, 5.74) is 4.54. The molecule has 1 aromatic rings. The average Bonchev–Trinajstić information content (AvgIpc) is 2.47. The molecule has 0 aliphatic carbocycles. The van der Waals surface area contributed by atoms with E-state index in [1.54, 1.807) is 13.3 Å². The molecular weight excluding hydrogens is 299 g/mol. The Morgan fingerprint density at radius 2 is 2.10 bits per heavy atom. The number of nitrogens with one attached hydrogen (secondary N) is 2. The molecule has 0 atom stereocenters. The molecule has 0 aliphatic rings. The quantitative estimate of drug-likeness (QED) is 0.350. The smallest absolute Gasteiger partial charge is 0.186 e. The maximum atomic E-state index is 12.5. The second-order valence-corrected chi connectivity index (χ2v) is 4.69. The molecule has 0 saturated carbocycles. The monoisotopic (exact) mass is 316 g/mol. The standard InChI is InChI=1S/C13H18ClFN4S/c1-16-13(20)18-17-10-11-2-4-12(5-3-11)19(8-6-14)9-7-15/h2-5,10H,6-9H2,1H3,(H2,16,18,20)/b17-10-. The SMILES string of the molecule is CNC(=S)N/N=C\c1ccc(N(CCF)CCCl)cc1. The van der Waals surface area contributed by atoms with E-state index in [1.807, 2.05) is 29.2 Å². The fourth-order valence-electron chi connectivity index (χ4n) is 1.57. The highest BCUT2D eigenvalue weighted by molar-refractivity contribution is 7.80. The Labute approximate surface area is 129 Å². The molecule has 0 amide bonds. The molecule has 0 aliphatic heterocycles. The topological polar surface area (TPSA) is 39.7 Å². The van der Waals surface area contributed by atoms with Crippen LogP contribution < -0.4 is 15.6 Å². The fourth-order valence-corrected chi connectivity index (χ4v) is 1.82. The number of benzene rings is 1. The second-order valence-electron chi connectivity index (χ2n) is 3.91. The van der Waals surface area contributed by atoms with E-state index in [-0.39, 0.29) is 0 Å². The van der Waals surface area contributed by atoms with Gasteiger partial charge in [0.1, 0.15) is 6.67 Å². The molecule has 0 spiro atoms. The lowest BCUT2D eigenvalue weighted by Gasteiger charge is -2.22. The lowest BCUT2D eigenvalue weighted by Crippen LogP contribution is -2.28. The molecular formula is C13H18ClFN4S. The maximum absolute atomic E-state index is 12.5. The van der Waals surface area contributed by atoms with Crippen molar-refractivity contribution in [1.29, 1.82) is 0 Å². The van der Waals surface area contributed by atoms with Crippen LogP contribution in [0.5, 0.6) is 0 Å². The summed E-state index contributed by atoms with van der Waals surface area (Å²) in [6, 6.07) is 7.64. The number of rotatable bonds is 7. The zero-order valence-electron chi connectivity index (χ0n) is 11.3. The van der Waals surface area contributed by atoms with Crippen molar-refractivity contribution >= 4 is 40.8 Å². The van der Waals surface area contributed by atoms with Crippen molar-refractivity contribution in [2.75, 3.05) is 37.6 Å². The minimum Gasteiger partial charge on any atom is -0.368 e. The number of nitrogens with zero attached hydrogens (tertiary/aromatic N) is 2. The molecule has 0 unspecified atom stereocenters. The van der Waals surface area contributed by atoms with Crippen molar-refractivity contribution < 1.29 is 4.39 Å². The second kappa shape index (κ2) is 9.50. The Morgan fingerprint density at radius 1 is 1.40 bits per heavy atom. The Kier molecular flexibility index (Phi) is 7.91. The molecule has 0 fully saturated rings. The first-order chi connectivity index (χ1) is 9.71. The van der Waals surface area contributed by atoms with Gasteiger partial charge in [-0.1, -0.05) is 12.1 Å². The van der Waals surface area contributed by atoms with E-state index >= 15 is 0 Å². The first-order valence-corrected chi connectivity index (χ1v) is 7.13. The van der Waals surface area contributed by atoms with Gasteiger partial charge in [0.2, 0.25) is 0 Å². The van der Waals surface area contributed by atoms with Crippen molar-refractivity contribution in [2.45, 2.75) is 0 Å². The molecule has 1 aromatic carbocycles. The van der Waals surface area contributed by atoms with Crippen LogP contribution in [-0.2, 0) is 0 Å². The third-order valence-electron chi connectivity index (χ3n) is 2.57. The average molecular weight is 317 g/mol. The Morgan fingerprint density at radius 3 is 2.65 bits per heavy atom. The normalized spacial score (nSPS) is 10.6. The van der Waals surface area contributed by atoms with Crippen molar-refractivity contribution in [3.63, 3.8) is 0 Å². The van der Waals surface area contributed by atoms with Crippen LogP contribution in [0.4, 0.5) is 10.1 Å². The highest BCUT2D eigenvalue weighted by atomic mass is 35.5. The third-order valence-corrected chi connectivity index (χ3v) is 3.04. The van der Waals surface area contributed by atoms with Crippen molar-refractivity contribution in [3.05, 3.63) is 29.8 Å². The number of alkyl halides is 2. The molecule has 110 valence electrons. The summed E-state index contributed by atoms with van der Waals surface area (Å²) in [6.45, 7) is 0.570. The lowest BCUT2D eigenvalue weighted by molar-refractivity contribution is 0.492. The maximum Gasteiger partial charge on any atom is 0.186 e. The summed E-state index contributed by atoms with van der Waals surface area (Å²) < 4.78 is 12.5. The fraction of sp³-hybridized carbons (Fsp3) is 0.385. The largest absolute Gasteiger partial charge is 0.368 e. The molecule has 0 aromatic heterocycles. The number of thiocarbonyl (C=S) groups is 1. The van der Waals surface area contributed by atoms with Gasteiger partial charge in [-0.15, -0.1) is 11.6 Å². The molecule has 1 rings (SSSR count). The minimum absolute atomic E-state index is 0.345. The van der Waals surface area contributed by atoms with Crippen LogP contribution in [0.15, 0.2) is 29.4 Å². The van der Waals surface area contributed by atoms with E-state index < -0.39 is 6.67 Å². The van der Waals surface area contributed by atoms with Gasteiger partial charge in [0.05, 0.1) is 6.21 Å². The van der Waals surface area contributed by atoms with Crippen LogP contribution in [0.1, 0.15) is 5.56 Å². The molecule has 0 saturated heterocycles. The number of hydrogen-bond acceptors (Lipinski definition) is 3. The Hall–Kier alpha value is -1.40. The van der Waals surface area contributed by atoms with Crippen molar-refractivity contribution in [2.24, 2.45) is 5.10 Å². The number of hydrogen-bond donors (Lipinski definition) is 2. The van der Waals surface area contributed by atoms with Crippen LogP contribution in [-0.4, -0.2) is 44.0 Å². The highest BCUT2D eigenvalue weighted by Gasteiger charge is 2.04. The van der Waals surface area contributed by atoms with Gasteiger partial charge in [-0.25, -0.2) is 4.39 Å². The van der Waals surface area contributed by atoms with Crippen molar-refractivity contribution in [3.8, 4) is 0 Å². The van der Waals surface area contributed by atoms with Gasteiger partial charge in [0, 0.05) is 31.7 Å². The third kappa shape index (κ3) is 5.71. The Bertz CT molecular complexity index is 433. The first kappa shape index (κ1) is 16.7. The van der Waals surface area contributed by atoms with Gasteiger partial charge < -0.3 is 10.2 Å². The van der Waals surface area contributed by atoms with Crippen LogP contribution in [0.3, 0.4) is 0 Å². The highest BCUT2D eigenvalue weighted by Crippen LogP contribution is 2.14. The van der Waals surface area contributed by atoms with Crippen LogP contribution in [0, 0.1) is 0 Å². The molecule has 7 heteroatoms. The first-order valence-electron chi connectivity index (χ1n) is 6.19. The zero-order valence-corrected chi connectivity index (χ0v) is 12.8. The summed E-state index contributed by atoms with van der Waals surface area (Å²) in [6.07, 6.45) is 1.66. The van der Waals surface area contributed by atoms with E-state index in [1.165, 1.54) is 0 Å². The van der Waals surface area contributed by atoms with E-state index in [4.69, 9.17) is 23.8 Å². The van der Waals surface area contributed by atoms with Gasteiger partial charge in [-0.2, -0.15) is 5.10 Å². The van der Waals surface area contributed by atoms with Gasteiger partial charge >= 0.3 is 0 Å². The van der Waals surface area contributed by atoms with Gasteiger partial charge in [0.25, 0.3) is 0 Å². The van der Waals surface area contributed by atoms with E-state index in [2.05, 4.69) is 15.8 Å². The lowest BCUT2D eigenvalue weighted by atomic mass is 10.2. The molecule has 0 radical (unpaired) electrons. The number of halogens is 2. The summed E-state index contributed by atoms with van der Waals surface area (Å²) >= 11 is 10.6. The predicted octanol–water partition coefficient (Wildman–Crippen LogP) is 2.13. The summed E-state index contributed by atoms with van der Waals surface area (Å²) in [4.78, 5) is 1.91. The number of hydrazone groups is 1. The summed E-state index contributed by atoms with van der Waals surface area (Å²) in [7, 11) is 1.72. The van der Waals surface area contributed by atoms with Crippen molar-refractivity contribution in [1.82, 2.24) is 10.7 Å². The van der Waals surface area contributed by atoms with Crippen LogP contribution in [0.2, 0.25) is 0 Å². The zero-order chi connectivity index (χ0) is 14.8. The summed E-state index contributed by atoms with van der Waals surface area (Å²) in [5.74, 6) is 0.467. The van der Waals surface area contributed by atoms with E-state index in [9.17, 15) is 4.39 Å². The van der Waals surface area contributed by atoms with Gasteiger partial charge in [-0.05, 0) is 29.9 Å².